The average Bonchev–Trinajstić information content (AvgIpc) is 4.25. The fraction of sp³-hybridized carbons (Fsp3) is 0.661. The quantitative estimate of drug-likeness (QED) is 0.217. The van der Waals surface area contributed by atoms with E-state index < -0.39 is 0 Å². The van der Waals surface area contributed by atoms with Gasteiger partial charge in [-0.2, -0.15) is 0 Å². The smallest absolute Gasteiger partial charge is 0.0911 e. The van der Waals surface area contributed by atoms with E-state index in [-0.39, 0.29) is 0 Å². The first-order chi connectivity index (χ1) is 36.2. The van der Waals surface area contributed by atoms with Crippen molar-refractivity contribution in [2.45, 2.75) is 124 Å². The van der Waals surface area contributed by atoms with E-state index in [1.54, 1.807) is 12.4 Å². The van der Waals surface area contributed by atoms with Gasteiger partial charge in [-0.25, -0.2) is 0 Å². The van der Waals surface area contributed by atoms with Crippen molar-refractivity contribution in [1.82, 2.24) is 29.6 Å². The fourth-order valence-electron chi connectivity index (χ4n) is 8.27. The molecular weight excluding hydrogens is 941 g/mol. The molecule has 4 bridgehead atoms. The van der Waals surface area contributed by atoms with Gasteiger partial charge in [0, 0.05) is 90.1 Å². The number of hydrogen-bond acceptors (Lipinski definition) is 12. The number of rotatable bonds is 0. The zero-order valence-corrected chi connectivity index (χ0v) is 48.8. The number of hydrogen-bond donors (Lipinski definition) is 1. The first-order valence-electron chi connectivity index (χ1n) is 28.2. The molecule has 424 valence electrons. The molecule has 75 heavy (non-hydrogen) atoms. The first-order valence-corrected chi connectivity index (χ1v) is 28.2. The SMILES string of the molecule is CC1=CCOC1.CC1=CCOCC1.CC1=COCC1.CC1CCOCC1.CN1CC2CC(C1)O2.CN1CC2CCC(C1)O2.CN1CCC1.CN1CCOCC1.Cc1cc[nH]c1.Cc1ccccc1.Cc1ccncc1. The molecule has 1 N–H and O–H groups in total. The van der Waals surface area contributed by atoms with E-state index in [1.807, 2.05) is 62.0 Å². The summed E-state index contributed by atoms with van der Waals surface area (Å²) >= 11 is 0. The molecule has 13 heteroatoms. The van der Waals surface area contributed by atoms with Crippen LogP contribution in [0.5, 0.6) is 0 Å². The highest BCUT2D eigenvalue weighted by Crippen LogP contribution is 2.27. The highest BCUT2D eigenvalue weighted by atomic mass is 16.5. The van der Waals surface area contributed by atoms with Gasteiger partial charge in [0.15, 0.2) is 0 Å². The summed E-state index contributed by atoms with van der Waals surface area (Å²) in [6, 6.07) is 16.2. The predicted molar refractivity (Wildman–Crippen MR) is 310 cm³/mol. The Hall–Kier alpha value is -3.73. The Balaban J connectivity index is 0.000000218. The Kier molecular flexibility index (Phi) is 36.2. The monoisotopic (exact) mass is 1040 g/mol. The van der Waals surface area contributed by atoms with Gasteiger partial charge in [-0.05, 0) is 168 Å². The van der Waals surface area contributed by atoms with Gasteiger partial charge < -0.3 is 57.7 Å². The van der Waals surface area contributed by atoms with Gasteiger partial charge >= 0.3 is 0 Å². The van der Waals surface area contributed by atoms with Crippen LogP contribution < -0.4 is 0 Å². The molecule has 0 radical (unpaired) electrons. The maximum Gasteiger partial charge on any atom is 0.0911 e. The number of aromatic nitrogens is 2. The summed E-state index contributed by atoms with van der Waals surface area (Å²) in [4.78, 5) is 16.1. The van der Waals surface area contributed by atoms with Gasteiger partial charge in [0.1, 0.15) is 0 Å². The van der Waals surface area contributed by atoms with Crippen LogP contribution in [-0.4, -0.2) is 194 Å². The van der Waals surface area contributed by atoms with E-state index in [1.165, 1.54) is 85.0 Å². The van der Waals surface area contributed by atoms with Crippen LogP contribution in [0.25, 0.3) is 0 Å². The van der Waals surface area contributed by atoms with Crippen molar-refractivity contribution in [2.24, 2.45) is 5.92 Å². The number of benzene rings is 1. The minimum atomic E-state index is 0.564. The Bertz CT molecular complexity index is 1780. The molecular formula is C62H104N6O7. The zero-order chi connectivity index (χ0) is 54.3. The van der Waals surface area contributed by atoms with E-state index in [9.17, 15) is 0 Å². The molecule has 8 saturated heterocycles. The molecule has 2 aromatic heterocycles. The summed E-state index contributed by atoms with van der Waals surface area (Å²) in [6.07, 6.45) is 25.9. The molecule has 3 aromatic rings. The number of ether oxygens (including phenoxy) is 7. The molecule has 0 saturated carbocycles. The summed E-state index contributed by atoms with van der Waals surface area (Å²) in [5, 5.41) is 0. The van der Waals surface area contributed by atoms with Gasteiger partial charge in [-0.1, -0.05) is 60.5 Å². The van der Waals surface area contributed by atoms with Crippen molar-refractivity contribution in [3.63, 3.8) is 0 Å². The van der Waals surface area contributed by atoms with Crippen LogP contribution in [0.1, 0.15) is 95.8 Å². The number of fused-ring (bicyclic) bond motifs is 4. The molecule has 1 aromatic carbocycles. The van der Waals surface area contributed by atoms with E-state index in [2.05, 4.69) is 124 Å². The fourth-order valence-corrected chi connectivity index (χ4v) is 8.27. The van der Waals surface area contributed by atoms with Gasteiger partial charge in [-0.3, -0.25) is 4.98 Å². The second kappa shape index (κ2) is 41.4. The van der Waals surface area contributed by atoms with Crippen molar-refractivity contribution in [2.75, 3.05) is 140 Å². The molecule has 4 atom stereocenters. The number of nitrogens with zero attached hydrogens (tertiary/aromatic N) is 5. The number of aromatic amines is 1. The van der Waals surface area contributed by atoms with E-state index >= 15 is 0 Å². The number of aryl methyl sites for hydroxylation is 3. The third-order valence-electron chi connectivity index (χ3n) is 13.5. The summed E-state index contributed by atoms with van der Waals surface area (Å²) < 4.78 is 36.2. The maximum atomic E-state index is 5.63. The van der Waals surface area contributed by atoms with Gasteiger partial charge in [0.05, 0.1) is 76.9 Å². The summed E-state index contributed by atoms with van der Waals surface area (Å²) in [7, 11) is 8.58. The lowest BCUT2D eigenvalue weighted by Crippen LogP contribution is -2.55. The van der Waals surface area contributed by atoms with E-state index in [0.29, 0.717) is 24.4 Å². The van der Waals surface area contributed by atoms with E-state index in [0.717, 1.165) is 117 Å². The second-order valence-corrected chi connectivity index (χ2v) is 21.5. The van der Waals surface area contributed by atoms with Crippen LogP contribution in [0.3, 0.4) is 0 Å². The predicted octanol–water partition coefficient (Wildman–Crippen LogP) is 10.6. The topological polar surface area (TPSA) is 106 Å². The number of H-pyrrole nitrogens is 1. The lowest BCUT2D eigenvalue weighted by Gasteiger charge is -2.45. The van der Waals surface area contributed by atoms with Crippen molar-refractivity contribution >= 4 is 0 Å². The largest absolute Gasteiger partial charge is 0.501 e. The number of piperidine rings is 1. The lowest BCUT2D eigenvalue weighted by atomic mass is 10.00. The molecule has 14 rings (SSSR count). The number of morpholine rings is 3. The normalized spacial score (nSPS) is 24.2. The molecule has 0 amide bonds. The molecule has 0 aliphatic carbocycles. The van der Waals surface area contributed by atoms with Crippen molar-refractivity contribution in [1.29, 1.82) is 0 Å². The summed E-state index contributed by atoms with van der Waals surface area (Å²) in [5.41, 5.74) is 8.05. The first kappa shape index (κ1) is 65.6. The van der Waals surface area contributed by atoms with Crippen LogP contribution >= 0.6 is 0 Å². The third-order valence-corrected chi connectivity index (χ3v) is 13.5. The lowest BCUT2D eigenvalue weighted by molar-refractivity contribution is -0.175. The number of likely N-dealkylation sites (tertiary alicyclic amines) is 2. The average molecular weight is 1050 g/mol. The van der Waals surface area contributed by atoms with Gasteiger partial charge in [-0.15, -0.1) is 0 Å². The van der Waals surface area contributed by atoms with E-state index in [4.69, 9.17) is 33.2 Å². The number of pyridine rings is 1. The molecule has 4 unspecified atom stereocenters. The minimum absolute atomic E-state index is 0.564. The highest BCUT2D eigenvalue weighted by Gasteiger charge is 2.36. The standard InChI is InChI=1S/C7H13NO.C7H8.C6H11NO.C6H7N.C6H12O.C6H10O.C5H11NO.C5H7N.2C5H8O.C4H9N/c1-8-4-6-2-3-7(5-8)9-6;1-7-5-3-2-4-6-7;1-7-3-5-2-6(4-7)8-5;4*1-6-2-4-7-5-3-6;3*1-5-2-3-6-4-5;1-5-3-2-4-5/h6-7H,2-5H2,1H3;2-6H,1H3;5-6H,2-4H2,1H3;2-5H,1H3;6H,2-5H2,1H3;2H,3-5H2,1H3;2-5H2,1H3;2-4,6H,1H3;4H,2-3H2,1H3;2H,3-4H2,1H3;2-4H2,1H3. The van der Waals surface area contributed by atoms with Crippen LogP contribution in [0, 0.1) is 26.7 Å². The number of nitrogens with one attached hydrogen (secondary N) is 1. The Morgan fingerprint density at radius 3 is 1.29 bits per heavy atom. The van der Waals surface area contributed by atoms with Crippen LogP contribution in [-0.2, 0) is 33.2 Å². The van der Waals surface area contributed by atoms with Crippen molar-refractivity contribution < 1.29 is 33.2 Å². The van der Waals surface area contributed by atoms with Crippen molar-refractivity contribution in [3.8, 4) is 0 Å². The Morgan fingerprint density at radius 2 is 1.03 bits per heavy atom. The number of likely N-dealkylation sites (N-methyl/N-ethyl adjacent to an activating group) is 3. The molecule has 8 fully saturated rings. The molecule has 11 aliphatic heterocycles. The van der Waals surface area contributed by atoms with Gasteiger partial charge in [0.25, 0.3) is 0 Å². The Labute approximate surface area is 456 Å². The highest BCUT2D eigenvalue weighted by molar-refractivity contribution is 5.12. The Morgan fingerprint density at radius 1 is 0.507 bits per heavy atom. The summed E-state index contributed by atoms with van der Waals surface area (Å²) in [6.45, 7) is 32.3. The minimum Gasteiger partial charge on any atom is -0.501 e. The third kappa shape index (κ3) is 35.3. The molecule has 0 spiro atoms. The van der Waals surface area contributed by atoms with Crippen LogP contribution in [0.15, 0.2) is 108 Å². The summed E-state index contributed by atoms with van der Waals surface area (Å²) in [5.74, 6) is 0.911. The maximum absolute atomic E-state index is 5.63. The van der Waals surface area contributed by atoms with Crippen molar-refractivity contribution in [3.05, 3.63) is 125 Å². The van der Waals surface area contributed by atoms with Crippen LogP contribution in [0.2, 0.25) is 0 Å². The zero-order valence-electron chi connectivity index (χ0n) is 48.8. The van der Waals surface area contributed by atoms with Crippen LogP contribution in [0.4, 0.5) is 0 Å². The van der Waals surface area contributed by atoms with Gasteiger partial charge in [0.2, 0.25) is 0 Å². The molecule has 11 aliphatic rings. The second-order valence-electron chi connectivity index (χ2n) is 21.5. The molecule has 13 heterocycles. The molecule has 13 nitrogen and oxygen atoms in total.